The Hall–Kier alpha value is -1.00. The van der Waals surface area contributed by atoms with Crippen molar-refractivity contribution in [1.29, 1.82) is 0 Å². The van der Waals surface area contributed by atoms with E-state index in [-0.39, 0.29) is 0 Å². The van der Waals surface area contributed by atoms with Crippen LogP contribution in [0.4, 0.5) is 0 Å². The lowest BCUT2D eigenvalue weighted by molar-refractivity contribution is 0.415. The summed E-state index contributed by atoms with van der Waals surface area (Å²) in [6.07, 6.45) is 0.950. The highest BCUT2D eigenvalue weighted by Gasteiger charge is 2.16. The maximum atomic E-state index is 6.04. The summed E-state index contributed by atoms with van der Waals surface area (Å²) in [4.78, 5) is 0. The molecule has 0 saturated carbocycles. The molecule has 3 nitrogen and oxygen atoms in total. The molecule has 0 spiro atoms. The van der Waals surface area contributed by atoms with Crippen LogP contribution in [0.3, 0.4) is 0 Å². The number of aryl methyl sites for hydroxylation is 1. The first-order chi connectivity index (χ1) is 9.56. The average molecular weight is 340 g/mol. The molecule has 4 heteroatoms. The van der Waals surface area contributed by atoms with Crippen LogP contribution in [0.15, 0.2) is 21.0 Å². The molecule has 1 aromatic heterocycles. The Bertz CT molecular complexity index is 590. The van der Waals surface area contributed by atoms with Gasteiger partial charge in [0.05, 0.1) is 18.1 Å². The molecule has 2 aromatic rings. The summed E-state index contributed by atoms with van der Waals surface area (Å²) in [5, 5.41) is 4.58. The molecule has 1 N–H and O–H groups in total. The Labute approximate surface area is 128 Å². The van der Waals surface area contributed by atoms with Gasteiger partial charge in [0.1, 0.15) is 17.1 Å². The second-order valence-electron chi connectivity index (χ2n) is 5.37. The van der Waals surface area contributed by atoms with Crippen LogP contribution in [-0.4, -0.2) is 13.7 Å². The van der Waals surface area contributed by atoms with Crippen molar-refractivity contribution in [2.45, 2.75) is 33.7 Å². The SMILES string of the molecule is CCc1c(CNCC(C)C)oc2c(Br)cc(OC)cc12. The van der Waals surface area contributed by atoms with Crippen LogP contribution in [0.2, 0.25) is 0 Å². The number of methoxy groups -OCH3 is 1. The number of fused-ring (bicyclic) bond motifs is 1. The van der Waals surface area contributed by atoms with Crippen molar-refractivity contribution in [1.82, 2.24) is 5.32 Å². The Morgan fingerprint density at radius 3 is 2.70 bits per heavy atom. The molecule has 0 aliphatic heterocycles. The molecule has 0 aliphatic rings. The van der Waals surface area contributed by atoms with Crippen molar-refractivity contribution in [2.24, 2.45) is 5.92 Å². The Morgan fingerprint density at radius 1 is 1.35 bits per heavy atom. The zero-order chi connectivity index (χ0) is 14.7. The summed E-state index contributed by atoms with van der Waals surface area (Å²) in [6, 6.07) is 3.99. The third-order valence-electron chi connectivity index (χ3n) is 3.33. The van der Waals surface area contributed by atoms with Gasteiger partial charge in [0.15, 0.2) is 0 Å². The van der Waals surface area contributed by atoms with Crippen molar-refractivity contribution >= 4 is 26.9 Å². The topological polar surface area (TPSA) is 34.4 Å². The number of hydrogen-bond acceptors (Lipinski definition) is 3. The predicted molar refractivity (Wildman–Crippen MR) is 86.4 cm³/mol. The molecule has 0 atom stereocenters. The molecule has 2 rings (SSSR count). The number of ether oxygens (including phenoxy) is 1. The summed E-state index contributed by atoms with van der Waals surface area (Å²) in [5.74, 6) is 2.51. The lowest BCUT2D eigenvalue weighted by atomic mass is 10.1. The summed E-state index contributed by atoms with van der Waals surface area (Å²) in [6.45, 7) is 8.32. The highest BCUT2D eigenvalue weighted by Crippen LogP contribution is 2.35. The van der Waals surface area contributed by atoms with Gasteiger partial charge in [0, 0.05) is 10.9 Å². The van der Waals surface area contributed by atoms with E-state index in [4.69, 9.17) is 9.15 Å². The zero-order valence-electron chi connectivity index (χ0n) is 12.5. The minimum Gasteiger partial charge on any atom is -0.497 e. The van der Waals surface area contributed by atoms with Crippen LogP contribution in [0.25, 0.3) is 11.0 Å². The van der Waals surface area contributed by atoms with E-state index in [1.165, 1.54) is 5.56 Å². The van der Waals surface area contributed by atoms with Gasteiger partial charge in [0.25, 0.3) is 0 Å². The molecule has 0 aliphatic carbocycles. The van der Waals surface area contributed by atoms with Crippen LogP contribution in [0, 0.1) is 5.92 Å². The normalized spacial score (nSPS) is 11.5. The third kappa shape index (κ3) is 3.18. The summed E-state index contributed by atoms with van der Waals surface area (Å²) in [5.41, 5.74) is 2.17. The Morgan fingerprint density at radius 2 is 2.10 bits per heavy atom. The first kappa shape index (κ1) is 15.4. The predicted octanol–water partition coefficient (Wildman–Crippen LogP) is 4.51. The van der Waals surface area contributed by atoms with Crippen molar-refractivity contribution in [3.63, 3.8) is 0 Å². The van der Waals surface area contributed by atoms with Gasteiger partial charge in [-0.05, 0) is 46.9 Å². The van der Waals surface area contributed by atoms with Gasteiger partial charge in [-0.2, -0.15) is 0 Å². The largest absolute Gasteiger partial charge is 0.497 e. The molecule has 20 heavy (non-hydrogen) atoms. The van der Waals surface area contributed by atoms with Crippen LogP contribution in [-0.2, 0) is 13.0 Å². The van der Waals surface area contributed by atoms with Crippen LogP contribution in [0.5, 0.6) is 5.75 Å². The maximum absolute atomic E-state index is 6.04. The molecule has 0 bridgehead atoms. The molecular weight excluding hydrogens is 318 g/mol. The van der Waals surface area contributed by atoms with E-state index in [9.17, 15) is 0 Å². The molecule has 1 aromatic carbocycles. The molecule has 0 amide bonds. The van der Waals surface area contributed by atoms with Crippen molar-refractivity contribution < 1.29 is 9.15 Å². The number of nitrogens with one attached hydrogen (secondary N) is 1. The monoisotopic (exact) mass is 339 g/mol. The van der Waals surface area contributed by atoms with E-state index in [0.29, 0.717) is 5.92 Å². The van der Waals surface area contributed by atoms with E-state index < -0.39 is 0 Å². The van der Waals surface area contributed by atoms with Crippen LogP contribution in [0.1, 0.15) is 32.1 Å². The fourth-order valence-electron chi connectivity index (χ4n) is 2.35. The van der Waals surface area contributed by atoms with E-state index in [2.05, 4.69) is 42.0 Å². The second kappa shape index (κ2) is 6.64. The summed E-state index contributed by atoms with van der Waals surface area (Å²) in [7, 11) is 1.68. The maximum Gasteiger partial charge on any atom is 0.149 e. The van der Waals surface area contributed by atoms with Crippen LogP contribution >= 0.6 is 15.9 Å². The molecule has 0 unspecified atom stereocenters. The minimum atomic E-state index is 0.635. The summed E-state index contributed by atoms with van der Waals surface area (Å²) < 4.78 is 12.3. The number of hydrogen-bond donors (Lipinski definition) is 1. The van der Waals surface area contributed by atoms with Crippen molar-refractivity contribution in [3.05, 3.63) is 27.9 Å². The quantitative estimate of drug-likeness (QED) is 0.840. The van der Waals surface area contributed by atoms with Gasteiger partial charge in [-0.1, -0.05) is 20.8 Å². The Balaban J connectivity index is 2.37. The number of furan rings is 1. The van der Waals surface area contributed by atoms with Gasteiger partial charge in [-0.3, -0.25) is 0 Å². The van der Waals surface area contributed by atoms with Crippen molar-refractivity contribution in [3.8, 4) is 5.75 Å². The molecule has 0 saturated heterocycles. The zero-order valence-corrected chi connectivity index (χ0v) is 14.1. The fraction of sp³-hybridized carbons (Fsp3) is 0.500. The van der Waals surface area contributed by atoms with E-state index >= 15 is 0 Å². The smallest absolute Gasteiger partial charge is 0.149 e. The molecular formula is C16H22BrNO2. The summed E-state index contributed by atoms with van der Waals surface area (Å²) >= 11 is 3.56. The van der Waals surface area contributed by atoms with Gasteiger partial charge in [-0.15, -0.1) is 0 Å². The second-order valence-corrected chi connectivity index (χ2v) is 6.22. The molecule has 0 fully saturated rings. The lowest BCUT2D eigenvalue weighted by Crippen LogP contribution is -2.19. The minimum absolute atomic E-state index is 0.635. The standard InChI is InChI=1S/C16H22BrNO2/c1-5-12-13-6-11(19-4)7-14(17)16(13)20-15(12)9-18-8-10(2)3/h6-7,10,18H,5,8-9H2,1-4H3. The van der Waals surface area contributed by atoms with Gasteiger partial charge in [-0.25, -0.2) is 0 Å². The van der Waals surface area contributed by atoms with Gasteiger partial charge >= 0.3 is 0 Å². The highest BCUT2D eigenvalue weighted by atomic mass is 79.9. The number of benzene rings is 1. The van der Waals surface area contributed by atoms with Crippen LogP contribution < -0.4 is 10.1 Å². The average Bonchev–Trinajstić information content (AvgIpc) is 2.76. The van der Waals surface area contributed by atoms with E-state index in [1.807, 2.05) is 12.1 Å². The fourth-order valence-corrected chi connectivity index (χ4v) is 2.87. The van der Waals surface area contributed by atoms with Gasteiger partial charge < -0.3 is 14.5 Å². The first-order valence-corrected chi connectivity index (χ1v) is 7.84. The van der Waals surface area contributed by atoms with Crippen molar-refractivity contribution in [2.75, 3.05) is 13.7 Å². The highest BCUT2D eigenvalue weighted by molar-refractivity contribution is 9.10. The number of rotatable bonds is 6. The Kier molecular flexibility index (Phi) is 5.11. The first-order valence-electron chi connectivity index (χ1n) is 7.05. The van der Waals surface area contributed by atoms with E-state index in [0.717, 1.165) is 46.5 Å². The third-order valence-corrected chi connectivity index (χ3v) is 3.92. The number of halogens is 1. The molecule has 110 valence electrons. The molecule has 0 radical (unpaired) electrons. The lowest BCUT2D eigenvalue weighted by Gasteiger charge is -2.06. The molecule has 1 heterocycles. The van der Waals surface area contributed by atoms with Gasteiger partial charge in [0.2, 0.25) is 0 Å². The van der Waals surface area contributed by atoms with E-state index in [1.54, 1.807) is 7.11 Å².